The summed E-state index contributed by atoms with van der Waals surface area (Å²) >= 11 is 0. The van der Waals surface area contributed by atoms with Crippen molar-refractivity contribution in [2.75, 3.05) is 27.2 Å². The van der Waals surface area contributed by atoms with Crippen LogP contribution in [0.5, 0.6) is 5.75 Å². The Hall–Kier alpha value is -1.80. The average Bonchev–Trinajstić information content (AvgIpc) is 3.23. The maximum atomic E-state index is 5.19. The lowest BCUT2D eigenvalue weighted by molar-refractivity contribution is 0.331. The molecular weight excluding hydrogens is 463 g/mol. The van der Waals surface area contributed by atoms with Crippen LogP contribution in [-0.2, 0) is 19.6 Å². The highest BCUT2D eigenvalue weighted by Gasteiger charge is 2.11. The first-order valence-corrected chi connectivity index (χ1v) is 9.64. The van der Waals surface area contributed by atoms with Gasteiger partial charge in [-0.3, -0.25) is 9.89 Å². The van der Waals surface area contributed by atoms with Gasteiger partial charge >= 0.3 is 0 Å². The zero-order chi connectivity index (χ0) is 18.9. The lowest BCUT2D eigenvalue weighted by Crippen LogP contribution is -2.36. The Bertz CT molecular complexity index is 725. The van der Waals surface area contributed by atoms with E-state index in [0.717, 1.165) is 31.3 Å². The molecule has 5 nitrogen and oxygen atoms in total. The molecule has 0 saturated carbocycles. The minimum Gasteiger partial charge on any atom is -0.497 e. The predicted molar refractivity (Wildman–Crippen MR) is 126 cm³/mol. The molecule has 0 aliphatic carbocycles. The van der Waals surface area contributed by atoms with Crippen molar-refractivity contribution in [2.45, 2.75) is 32.5 Å². The van der Waals surface area contributed by atoms with Crippen LogP contribution in [-0.4, -0.2) is 38.1 Å². The third-order valence-corrected chi connectivity index (χ3v) is 4.93. The summed E-state index contributed by atoms with van der Waals surface area (Å²) in [5.74, 6) is 1.67. The monoisotopic (exact) mass is 494 g/mol. The molecule has 0 radical (unpaired) electrons. The molecule has 1 aliphatic heterocycles. The summed E-state index contributed by atoms with van der Waals surface area (Å²) < 4.78 is 5.19. The number of nitrogens with zero attached hydrogens (tertiary/aromatic N) is 2. The number of rotatable bonds is 7. The topological polar surface area (TPSA) is 48.9 Å². The van der Waals surface area contributed by atoms with E-state index in [-0.39, 0.29) is 24.0 Å². The normalized spacial score (nSPS) is 14.4. The van der Waals surface area contributed by atoms with Gasteiger partial charge in [0.15, 0.2) is 5.96 Å². The minimum absolute atomic E-state index is 0. The highest BCUT2D eigenvalue weighted by atomic mass is 127. The van der Waals surface area contributed by atoms with E-state index in [9.17, 15) is 0 Å². The molecule has 0 aromatic heterocycles. The van der Waals surface area contributed by atoms with Gasteiger partial charge in [-0.05, 0) is 54.8 Å². The Balaban J connectivity index is 0.00000280. The highest BCUT2D eigenvalue weighted by molar-refractivity contribution is 14.0. The molecule has 152 valence electrons. The van der Waals surface area contributed by atoms with Gasteiger partial charge in [-0.25, -0.2) is 0 Å². The van der Waals surface area contributed by atoms with Crippen molar-refractivity contribution < 1.29 is 4.74 Å². The van der Waals surface area contributed by atoms with Crippen molar-refractivity contribution in [3.63, 3.8) is 0 Å². The summed E-state index contributed by atoms with van der Waals surface area (Å²) in [4.78, 5) is 6.83. The number of benzene rings is 2. The zero-order valence-electron chi connectivity index (χ0n) is 16.8. The van der Waals surface area contributed by atoms with Crippen LogP contribution in [0.25, 0.3) is 0 Å². The SMILES string of the molecule is CN=C(NCc1ccc(CN2CCCC2)cc1)NCc1ccc(OC)cc1.I. The number of nitrogens with one attached hydrogen (secondary N) is 2. The second kappa shape index (κ2) is 11.9. The lowest BCUT2D eigenvalue weighted by atomic mass is 10.1. The molecule has 0 atom stereocenters. The minimum atomic E-state index is 0. The number of hydrogen-bond acceptors (Lipinski definition) is 3. The second-order valence-corrected chi connectivity index (χ2v) is 6.93. The molecule has 6 heteroatoms. The van der Waals surface area contributed by atoms with Gasteiger partial charge in [0.05, 0.1) is 7.11 Å². The number of methoxy groups -OCH3 is 1. The summed E-state index contributed by atoms with van der Waals surface area (Å²) in [5, 5.41) is 6.72. The second-order valence-electron chi connectivity index (χ2n) is 6.93. The maximum Gasteiger partial charge on any atom is 0.191 e. The molecule has 2 aromatic carbocycles. The summed E-state index contributed by atoms with van der Waals surface area (Å²) in [6, 6.07) is 16.9. The van der Waals surface area contributed by atoms with E-state index in [1.54, 1.807) is 14.2 Å². The van der Waals surface area contributed by atoms with Crippen LogP contribution >= 0.6 is 24.0 Å². The quantitative estimate of drug-likeness (QED) is 0.350. The maximum absolute atomic E-state index is 5.19. The number of likely N-dealkylation sites (tertiary alicyclic amines) is 1. The van der Waals surface area contributed by atoms with Gasteiger partial charge in [0, 0.05) is 26.7 Å². The van der Waals surface area contributed by atoms with E-state index in [4.69, 9.17) is 4.74 Å². The van der Waals surface area contributed by atoms with Crippen LogP contribution in [0, 0.1) is 0 Å². The van der Waals surface area contributed by atoms with Crippen molar-refractivity contribution in [3.05, 3.63) is 65.2 Å². The summed E-state index contributed by atoms with van der Waals surface area (Å²) in [6.45, 7) is 5.02. The number of guanidine groups is 1. The molecule has 3 rings (SSSR count). The van der Waals surface area contributed by atoms with Crippen LogP contribution in [0.4, 0.5) is 0 Å². The van der Waals surface area contributed by atoms with Crippen LogP contribution in [0.3, 0.4) is 0 Å². The van der Waals surface area contributed by atoms with E-state index in [1.807, 2.05) is 12.1 Å². The van der Waals surface area contributed by atoms with Crippen molar-refractivity contribution in [2.24, 2.45) is 4.99 Å². The fourth-order valence-electron chi connectivity index (χ4n) is 3.30. The Labute approximate surface area is 185 Å². The lowest BCUT2D eigenvalue weighted by Gasteiger charge is -2.15. The third-order valence-electron chi connectivity index (χ3n) is 4.93. The van der Waals surface area contributed by atoms with Crippen molar-refractivity contribution in [1.82, 2.24) is 15.5 Å². The molecule has 0 unspecified atom stereocenters. The summed E-state index contributed by atoms with van der Waals surface area (Å²) in [7, 11) is 3.47. The van der Waals surface area contributed by atoms with Gasteiger partial charge in [0.1, 0.15) is 5.75 Å². The van der Waals surface area contributed by atoms with E-state index in [2.05, 4.69) is 56.9 Å². The van der Waals surface area contributed by atoms with Gasteiger partial charge in [-0.1, -0.05) is 36.4 Å². The first-order chi connectivity index (χ1) is 13.3. The molecule has 0 amide bonds. The third kappa shape index (κ3) is 6.98. The predicted octanol–water partition coefficient (Wildman–Crippen LogP) is 3.77. The van der Waals surface area contributed by atoms with E-state index in [1.165, 1.54) is 42.6 Å². The Morgan fingerprint density at radius 2 is 1.39 bits per heavy atom. The molecule has 2 aromatic rings. The Morgan fingerprint density at radius 3 is 1.89 bits per heavy atom. The van der Waals surface area contributed by atoms with Crippen LogP contribution in [0.15, 0.2) is 53.5 Å². The molecule has 28 heavy (non-hydrogen) atoms. The first kappa shape index (κ1) is 22.5. The number of hydrogen-bond donors (Lipinski definition) is 2. The highest BCUT2D eigenvalue weighted by Crippen LogP contribution is 2.13. The molecule has 1 heterocycles. The van der Waals surface area contributed by atoms with Crippen molar-refractivity contribution in [3.8, 4) is 5.75 Å². The average molecular weight is 494 g/mol. The Kier molecular flexibility index (Phi) is 9.57. The molecule has 1 saturated heterocycles. The molecule has 1 fully saturated rings. The van der Waals surface area contributed by atoms with Gasteiger partial charge in [-0.15, -0.1) is 24.0 Å². The molecule has 1 aliphatic rings. The van der Waals surface area contributed by atoms with E-state index < -0.39 is 0 Å². The van der Waals surface area contributed by atoms with Crippen molar-refractivity contribution in [1.29, 1.82) is 0 Å². The largest absolute Gasteiger partial charge is 0.497 e. The van der Waals surface area contributed by atoms with E-state index in [0.29, 0.717) is 0 Å². The first-order valence-electron chi connectivity index (χ1n) is 9.64. The van der Waals surface area contributed by atoms with Crippen LogP contribution < -0.4 is 15.4 Å². The van der Waals surface area contributed by atoms with Crippen LogP contribution in [0.2, 0.25) is 0 Å². The molecule has 2 N–H and O–H groups in total. The standard InChI is InChI=1S/C22H30N4O.HI/c1-23-22(25-16-19-9-11-21(27-2)12-10-19)24-15-18-5-7-20(8-6-18)17-26-13-3-4-14-26;/h5-12H,3-4,13-17H2,1-2H3,(H2,23,24,25);1H. The van der Waals surface area contributed by atoms with Crippen molar-refractivity contribution >= 4 is 29.9 Å². The van der Waals surface area contributed by atoms with Gasteiger partial charge < -0.3 is 15.4 Å². The zero-order valence-corrected chi connectivity index (χ0v) is 19.1. The molecular formula is C22H31IN4O. The number of halogens is 1. The van der Waals surface area contributed by atoms with E-state index >= 15 is 0 Å². The summed E-state index contributed by atoms with van der Waals surface area (Å²) in [6.07, 6.45) is 2.68. The van der Waals surface area contributed by atoms with Gasteiger partial charge in [-0.2, -0.15) is 0 Å². The molecule has 0 spiro atoms. The van der Waals surface area contributed by atoms with Gasteiger partial charge in [0.2, 0.25) is 0 Å². The fourth-order valence-corrected chi connectivity index (χ4v) is 3.30. The Morgan fingerprint density at radius 1 is 0.893 bits per heavy atom. The molecule has 0 bridgehead atoms. The van der Waals surface area contributed by atoms with Crippen LogP contribution in [0.1, 0.15) is 29.5 Å². The summed E-state index contributed by atoms with van der Waals surface area (Å²) in [5.41, 5.74) is 3.83. The number of aliphatic imine (C=N–C) groups is 1. The van der Waals surface area contributed by atoms with Gasteiger partial charge in [0.25, 0.3) is 0 Å². The fraction of sp³-hybridized carbons (Fsp3) is 0.409. The number of ether oxygens (including phenoxy) is 1. The smallest absolute Gasteiger partial charge is 0.191 e.